The predicted molar refractivity (Wildman–Crippen MR) is 103 cm³/mol. The molecule has 0 aliphatic rings. The van der Waals surface area contributed by atoms with Gasteiger partial charge in [0.25, 0.3) is 5.91 Å². The van der Waals surface area contributed by atoms with Crippen LogP contribution in [0.1, 0.15) is 10.5 Å². The summed E-state index contributed by atoms with van der Waals surface area (Å²) in [5.41, 5.74) is 1.72. The lowest BCUT2D eigenvalue weighted by atomic mass is 10.1. The molecule has 0 bridgehead atoms. The van der Waals surface area contributed by atoms with Crippen LogP contribution in [0.5, 0.6) is 11.5 Å². The molecule has 136 valence electrons. The summed E-state index contributed by atoms with van der Waals surface area (Å²) in [5.74, 6) is 1.23. The number of carbonyl (C=O) groups excluding carboxylic acids is 1. The van der Waals surface area contributed by atoms with Gasteiger partial charge in [0.1, 0.15) is 0 Å². The Morgan fingerprint density at radius 3 is 2.67 bits per heavy atom. The number of amides is 1. The molecular weight excluding hydrogens is 366 g/mol. The lowest BCUT2D eigenvalue weighted by molar-refractivity contribution is 0.101. The zero-order chi connectivity index (χ0) is 18.8. The highest BCUT2D eigenvalue weighted by Gasteiger charge is 2.17. The van der Waals surface area contributed by atoms with Crippen molar-refractivity contribution in [3.8, 4) is 22.8 Å². The molecule has 2 aromatic heterocycles. The molecule has 2 aromatic carbocycles. The van der Waals surface area contributed by atoms with Gasteiger partial charge in [0.2, 0.25) is 0 Å². The van der Waals surface area contributed by atoms with Crippen LogP contribution in [0.4, 0.5) is 5.13 Å². The molecule has 0 radical (unpaired) electrons. The van der Waals surface area contributed by atoms with E-state index in [2.05, 4.69) is 15.5 Å². The molecule has 8 heteroatoms. The number of fused-ring (bicyclic) bond motifs is 1. The summed E-state index contributed by atoms with van der Waals surface area (Å²) < 4.78 is 16.8. The maximum Gasteiger partial charge on any atom is 0.279 e. The fraction of sp³-hybridized carbons (Fsp3) is 0.105. The topological polar surface area (TPSA) is 86.5 Å². The number of para-hydroxylation sites is 1. The molecule has 0 saturated carbocycles. The second-order valence-electron chi connectivity index (χ2n) is 5.59. The van der Waals surface area contributed by atoms with Gasteiger partial charge >= 0.3 is 0 Å². The van der Waals surface area contributed by atoms with Crippen LogP contribution in [-0.4, -0.2) is 30.3 Å². The van der Waals surface area contributed by atoms with Crippen LogP contribution in [0.15, 0.2) is 53.1 Å². The van der Waals surface area contributed by atoms with Crippen LogP contribution in [-0.2, 0) is 0 Å². The highest BCUT2D eigenvalue weighted by atomic mass is 32.1. The first-order chi connectivity index (χ1) is 13.2. The third-order valence-corrected chi connectivity index (χ3v) is 4.88. The standard InChI is InChI=1S/C19H15N3O4S/c1-24-14-8-7-11(9-16(14)25-2)15-10-13(22-26-15)18(23)21-19-20-12-5-3-4-6-17(12)27-19/h3-10H,1-2H3,(H,20,21,23). The summed E-state index contributed by atoms with van der Waals surface area (Å²) in [6.07, 6.45) is 0. The molecule has 4 rings (SSSR count). The molecule has 0 saturated heterocycles. The lowest BCUT2D eigenvalue weighted by Crippen LogP contribution is -2.11. The van der Waals surface area contributed by atoms with Gasteiger partial charge in [-0.2, -0.15) is 0 Å². The van der Waals surface area contributed by atoms with Crippen molar-refractivity contribution < 1.29 is 18.8 Å². The summed E-state index contributed by atoms with van der Waals surface area (Å²) in [5, 5.41) is 7.12. The van der Waals surface area contributed by atoms with E-state index in [9.17, 15) is 4.79 Å². The van der Waals surface area contributed by atoms with E-state index in [1.807, 2.05) is 24.3 Å². The monoisotopic (exact) mass is 381 g/mol. The van der Waals surface area contributed by atoms with Crippen molar-refractivity contribution in [1.29, 1.82) is 0 Å². The number of hydrogen-bond acceptors (Lipinski definition) is 7. The van der Waals surface area contributed by atoms with Gasteiger partial charge in [0.15, 0.2) is 28.1 Å². The second kappa shape index (κ2) is 7.08. The van der Waals surface area contributed by atoms with Gasteiger partial charge in [-0.25, -0.2) is 4.98 Å². The number of nitrogens with zero attached hydrogens (tertiary/aromatic N) is 2. The minimum atomic E-state index is -0.385. The lowest BCUT2D eigenvalue weighted by Gasteiger charge is -2.07. The third-order valence-electron chi connectivity index (χ3n) is 3.93. The number of ether oxygens (including phenoxy) is 2. The minimum absolute atomic E-state index is 0.166. The van der Waals surface area contributed by atoms with Crippen LogP contribution >= 0.6 is 11.3 Å². The number of nitrogens with one attached hydrogen (secondary N) is 1. The minimum Gasteiger partial charge on any atom is -0.493 e. The van der Waals surface area contributed by atoms with Gasteiger partial charge in [-0.1, -0.05) is 28.6 Å². The van der Waals surface area contributed by atoms with Gasteiger partial charge in [-0.3, -0.25) is 10.1 Å². The molecule has 0 atom stereocenters. The zero-order valence-corrected chi connectivity index (χ0v) is 15.4. The molecule has 4 aromatic rings. The highest BCUT2D eigenvalue weighted by molar-refractivity contribution is 7.22. The Labute approximate surface area is 158 Å². The molecular formula is C19H15N3O4S. The molecule has 2 heterocycles. The SMILES string of the molecule is COc1ccc(-c2cc(C(=O)Nc3nc4ccccc4s3)no2)cc1OC. The molecule has 7 nitrogen and oxygen atoms in total. The number of anilines is 1. The number of aromatic nitrogens is 2. The normalized spacial score (nSPS) is 10.7. The molecule has 0 fully saturated rings. The van der Waals surface area contributed by atoms with Crippen LogP contribution in [0.25, 0.3) is 21.5 Å². The average Bonchev–Trinajstić information content (AvgIpc) is 3.34. The summed E-state index contributed by atoms with van der Waals surface area (Å²) in [6.45, 7) is 0. The van der Waals surface area contributed by atoms with Crippen LogP contribution in [0, 0.1) is 0 Å². The Morgan fingerprint density at radius 2 is 1.89 bits per heavy atom. The molecule has 0 aliphatic heterocycles. The molecule has 0 unspecified atom stereocenters. The number of thiazole rings is 1. The van der Waals surface area contributed by atoms with E-state index in [0.717, 1.165) is 15.8 Å². The largest absolute Gasteiger partial charge is 0.493 e. The number of benzene rings is 2. The highest BCUT2D eigenvalue weighted by Crippen LogP contribution is 2.32. The molecule has 0 aliphatic carbocycles. The molecule has 27 heavy (non-hydrogen) atoms. The first kappa shape index (κ1) is 17.0. The van der Waals surface area contributed by atoms with Crippen molar-refractivity contribution in [3.63, 3.8) is 0 Å². The first-order valence-electron chi connectivity index (χ1n) is 8.04. The number of hydrogen-bond donors (Lipinski definition) is 1. The third kappa shape index (κ3) is 3.34. The number of methoxy groups -OCH3 is 2. The van der Waals surface area contributed by atoms with E-state index < -0.39 is 0 Å². The molecule has 1 N–H and O–H groups in total. The predicted octanol–water partition coefficient (Wildman–Crippen LogP) is 4.22. The van der Waals surface area contributed by atoms with E-state index in [1.54, 1.807) is 38.5 Å². The van der Waals surface area contributed by atoms with Gasteiger partial charge in [0, 0.05) is 11.6 Å². The van der Waals surface area contributed by atoms with E-state index in [1.165, 1.54) is 11.3 Å². The van der Waals surface area contributed by atoms with Crippen molar-refractivity contribution in [2.24, 2.45) is 0 Å². The van der Waals surface area contributed by atoms with Gasteiger partial charge in [0.05, 0.1) is 24.4 Å². The van der Waals surface area contributed by atoms with E-state index >= 15 is 0 Å². The van der Waals surface area contributed by atoms with Crippen LogP contribution in [0.3, 0.4) is 0 Å². The Kier molecular flexibility index (Phi) is 4.47. The molecule has 1 amide bonds. The van der Waals surface area contributed by atoms with Crippen LogP contribution < -0.4 is 14.8 Å². The Balaban J connectivity index is 1.55. The maximum atomic E-state index is 12.4. The van der Waals surface area contributed by atoms with Gasteiger partial charge in [-0.05, 0) is 30.3 Å². The van der Waals surface area contributed by atoms with E-state index in [0.29, 0.717) is 22.4 Å². The molecule has 0 spiro atoms. The summed E-state index contributed by atoms with van der Waals surface area (Å²) in [7, 11) is 3.12. The first-order valence-corrected chi connectivity index (χ1v) is 8.85. The van der Waals surface area contributed by atoms with Gasteiger partial charge < -0.3 is 14.0 Å². The Bertz CT molecular complexity index is 1090. The summed E-state index contributed by atoms with van der Waals surface area (Å²) in [4.78, 5) is 16.8. The number of rotatable bonds is 5. The zero-order valence-electron chi connectivity index (χ0n) is 14.6. The van der Waals surface area contributed by atoms with Crippen molar-refractivity contribution >= 4 is 32.6 Å². The maximum absolute atomic E-state index is 12.4. The average molecular weight is 381 g/mol. The van der Waals surface area contributed by atoms with Crippen LogP contribution in [0.2, 0.25) is 0 Å². The number of carbonyl (C=O) groups is 1. The summed E-state index contributed by atoms with van der Waals surface area (Å²) in [6, 6.07) is 14.6. The second-order valence-corrected chi connectivity index (χ2v) is 6.62. The quantitative estimate of drug-likeness (QED) is 0.557. The van der Waals surface area contributed by atoms with Crippen molar-refractivity contribution in [2.45, 2.75) is 0 Å². The van der Waals surface area contributed by atoms with E-state index in [-0.39, 0.29) is 11.6 Å². The van der Waals surface area contributed by atoms with E-state index in [4.69, 9.17) is 14.0 Å². The summed E-state index contributed by atoms with van der Waals surface area (Å²) >= 11 is 1.40. The Hall–Kier alpha value is -3.39. The smallest absolute Gasteiger partial charge is 0.279 e. The fourth-order valence-electron chi connectivity index (χ4n) is 2.59. The van der Waals surface area contributed by atoms with Gasteiger partial charge in [-0.15, -0.1) is 0 Å². The Morgan fingerprint density at radius 1 is 1.07 bits per heavy atom. The van der Waals surface area contributed by atoms with Crippen molar-refractivity contribution in [3.05, 3.63) is 54.2 Å². The fourth-order valence-corrected chi connectivity index (χ4v) is 3.46. The van der Waals surface area contributed by atoms with Crippen molar-refractivity contribution in [1.82, 2.24) is 10.1 Å². The van der Waals surface area contributed by atoms with Crippen molar-refractivity contribution in [2.75, 3.05) is 19.5 Å².